The number of aromatic nitrogens is 1. The minimum absolute atomic E-state index is 0.272. The minimum Gasteiger partial charge on any atom is -0.366 e. The third-order valence-electron chi connectivity index (χ3n) is 4.43. The zero-order valence-corrected chi connectivity index (χ0v) is 14.4. The van der Waals surface area contributed by atoms with Crippen molar-refractivity contribution in [2.75, 3.05) is 0 Å². The minimum atomic E-state index is -0.496. The van der Waals surface area contributed by atoms with E-state index in [-0.39, 0.29) is 5.82 Å². The van der Waals surface area contributed by atoms with Crippen molar-refractivity contribution < 1.29 is 9.18 Å². The quantitative estimate of drug-likeness (QED) is 0.762. The van der Waals surface area contributed by atoms with Crippen molar-refractivity contribution in [3.05, 3.63) is 82.8 Å². The van der Waals surface area contributed by atoms with E-state index in [0.717, 1.165) is 22.5 Å². The van der Waals surface area contributed by atoms with Gasteiger partial charge in [0.25, 0.3) is 5.91 Å². The summed E-state index contributed by atoms with van der Waals surface area (Å²) < 4.78 is 15.4. The number of amides is 1. The Morgan fingerprint density at radius 2 is 1.96 bits per heavy atom. The highest BCUT2D eigenvalue weighted by molar-refractivity contribution is 5.95. The van der Waals surface area contributed by atoms with Gasteiger partial charge in [-0.05, 0) is 54.8 Å². The van der Waals surface area contributed by atoms with E-state index in [0.29, 0.717) is 24.1 Å². The van der Waals surface area contributed by atoms with Gasteiger partial charge in [-0.2, -0.15) is 5.26 Å². The fourth-order valence-corrected chi connectivity index (χ4v) is 3.10. The summed E-state index contributed by atoms with van der Waals surface area (Å²) in [6.45, 7) is 2.40. The van der Waals surface area contributed by atoms with Crippen LogP contribution in [0.5, 0.6) is 0 Å². The topological polar surface area (TPSA) is 71.8 Å². The summed E-state index contributed by atoms with van der Waals surface area (Å²) in [5, 5.41) is 9.14. The van der Waals surface area contributed by atoms with Crippen LogP contribution in [0.25, 0.3) is 11.3 Å². The second-order valence-corrected chi connectivity index (χ2v) is 6.12. The van der Waals surface area contributed by atoms with Gasteiger partial charge in [0.1, 0.15) is 5.82 Å². The van der Waals surface area contributed by atoms with E-state index in [2.05, 4.69) is 6.07 Å². The zero-order valence-electron chi connectivity index (χ0n) is 14.4. The summed E-state index contributed by atoms with van der Waals surface area (Å²) in [6.07, 6.45) is 0.608. The van der Waals surface area contributed by atoms with Gasteiger partial charge in [-0.15, -0.1) is 0 Å². The Morgan fingerprint density at radius 3 is 2.65 bits per heavy atom. The maximum atomic E-state index is 13.4. The van der Waals surface area contributed by atoms with E-state index in [4.69, 9.17) is 11.0 Å². The highest BCUT2D eigenvalue weighted by Gasteiger charge is 2.17. The molecule has 2 N–H and O–H groups in total. The second-order valence-electron chi connectivity index (χ2n) is 6.12. The molecule has 1 heterocycles. The molecule has 1 amide bonds. The average molecular weight is 347 g/mol. The molecule has 1 aromatic heterocycles. The highest BCUT2D eigenvalue weighted by Crippen LogP contribution is 2.27. The Morgan fingerprint density at radius 1 is 1.19 bits per heavy atom. The van der Waals surface area contributed by atoms with Crippen LogP contribution >= 0.6 is 0 Å². The molecule has 0 bridgehead atoms. The Labute approximate surface area is 151 Å². The van der Waals surface area contributed by atoms with Crippen LogP contribution in [0, 0.1) is 24.1 Å². The molecule has 0 saturated carbocycles. The van der Waals surface area contributed by atoms with Gasteiger partial charge >= 0.3 is 0 Å². The summed E-state index contributed by atoms with van der Waals surface area (Å²) in [4.78, 5) is 11.8. The first-order valence-corrected chi connectivity index (χ1v) is 8.24. The lowest BCUT2D eigenvalue weighted by molar-refractivity contribution is 0.0999. The van der Waals surface area contributed by atoms with Crippen molar-refractivity contribution in [2.45, 2.75) is 19.9 Å². The molecule has 0 aliphatic rings. The lowest BCUT2D eigenvalue weighted by Gasteiger charge is -2.12. The van der Waals surface area contributed by atoms with Gasteiger partial charge in [0, 0.05) is 17.9 Å². The molecule has 0 aliphatic carbocycles. The first-order valence-electron chi connectivity index (χ1n) is 8.24. The van der Waals surface area contributed by atoms with E-state index in [1.165, 1.54) is 12.1 Å². The molecule has 0 aliphatic heterocycles. The number of nitrogens with two attached hydrogens (primary N) is 1. The van der Waals surface area contributed by atoms with Crippen LogP contribution in [0.1, 0.15) is 27.2 Å². The van der Waals surface area contributed by atoms with Gasteiger partial charge in [-0.1, -0.05) is 24.3 Å². The summed E-state index contributed by atoms with van der Waals surface area (Å²) >= 11 is 0. The molecule has 3 aromatic rings. The SMILES string of the molecule is Cc1c(C(N)=O)cc(-c2cccc(C#N)c2)n1CCc1cccc(F)c1. The molecule has 0 atom stereocenters. The summed E-state index contributed by atoms with van der Waals surface area (Å²) in [5.74, 6) is -0.767. The number of hydrogen-bond donors (Lipinski definition) is 1. The highest BCUT2D eigenvalue weighted by atomic mass is 19.1. The van der Waals surface area contributed by atoms with Gasteiger partial charge in [0.2, 0.25) is 0 Å². The van der Waals surface area contributed by atoms with E-state index in [9.17, 15) is 9.18 Å². The van der Waals surface area contributed by atoms with Crippen molar-refractivity contribution >= 4 is 5.91 Å². The smallest absolute Gasteiger partial charge is 0.250 e. The summed E-state index contributed by atoms with van der Waals surface area (Å²) in [6, 6.07) is 17.5. The number of carbonyl (C=O) groups is 1. The number of aryl methyl sites for hydroxylation is 1. The van der Waals surface area contributed by atoms with Crippen LogP contribution in [0.15, 0.2) is 54.6 Å². The molecule has 0 saturated heterocycles. The van der Waals surface area contributed by atoms with Crippen LogP contribution in [0.4, 0.5) is 4.39 Å². The Hall–Kier alpha value is -3.39. The molecule has 3 rings (SSSR count). The van der Waals surface area contributed by atoms with Crippen molar-refractivity contribution in [3.63, 3.8) is 0 Å². The lowest BCUT2D eigenvalue weighted by atomic mass is 10.1. The van der Waals surface area contributed by atoms with Gasteiger partial charge < -0.3 is 10.3 Å². The predicted molar refractivity (Wildman–Crippen MR) is 97.9 cm³/mol. The van der Waals surface area contributed by atoms with Crippen LogP contribution in [0.3, 0.4) is 0 Å². The Kier molecular flexibility index (Phi) is 4.85. The van der Waals surface area contributed by atoms with Crippen molar-refractivity contribution in [1.29, 1.82) is 5.26 Å². The number of halogens is 1. The van der Waals surface area contributed by atoms with E-state index in [1.54, 1.807) is 30.3 Å². The fourth-order valence-electron chi connectivity index (χ4n) is 3.10. The molecule has 26 heavy (non-hydrogen) atoms. The van der Waals surface area contributed by atoms with Crippen LogP contribution in [-0.2, 0) is 13.0 Å². The van der Waals surface area contributed by atoms with Gasteiger partial charge in [-0.25, -0.2) is 4.39 Å². The standard InChI is InChI=1S/C21H18FN3O/c1-14-19(21(24)26)12-20(17-6-2-5-16(10-17)13-23)25(14)9-8-15-4-3-7-18(22)11-15/h2-7,10-12H,8-9H2,1H3,(H2,24,26). The number of primary amides is 1. The number of benzene rings is 2. The number of rotatable bonds is 5. The van der Waals surface area contributed by atoms with Crippen molar-refractivity contribution in [1.82, 2.24) is 4.57 Å². The molecule has 0 spiro atoms. The summed E-state index contributed by atoms with van der Waals surface area (Å²) in [7, 11) is 0. The zero-order chi connectivity index (χ0) is 18.7. The molecule has 5 heteroatoms. The normalized spacial score (nSPS) is 10.5. The Balaban J connectivity index is 2.02. The number of nitrogens with zero attached hydrogens (tertiary/aromatic N) is 2. The third-order valence-corrected chi connectivity index (χ3v) is 4.43. The Bertz CT molecular complexity index is 1010. The molecular formula is C21H18FN3O. The number of hydrogen-bond acceptors (Lipinski definition) is 2. The first kappa shape index (κ1) is 17.4. The van der Waals surface area contributed by atoms with Crippen LogP contribution in [0.2, 0.25) is 0 Å². The molecule has 130 valence electrons. The maximum absolute atomic E-state index is 13.4. The van der Waals surface area contributed by atoms with Crippen molar-refractivity contribution in [3.8, 4) is 17.3 Å². The molecule has 0 fully saturated rings. The number of carbonyl (C=O) groups excluding carboxylic acids is 1. The first-order chi connectivity index (χ1) is 12.5. The average Bonchev–Trinajstić information content (AvgIpc) is 2.97. The van der Waals surface area contributed by atoms with E-state index < -0.39 is 5.91 Å². The van der Waals surface area contributed by atoms with Crippen LogP contribution in [-0.4, -0.2) is 10.5 Å². The summed E-state index contributed by atoms with van der Waals surface area (Å²) in [5.41, 5.74) is 9.76. The lowest BCUT2D eigenvalue weighted by Crippen LogP contribution is -2.13. The van der Waals surface area contributed by atoms with Crippen molar-refractivity contribution in [2.24, 2.45) is 5.73 Å². The van der Waals surface area contributed by atoms with Gasteiger partial charge in [0.15, 0.2) is 0 Å². The molecule has 4 nitrogen and oxygen atoms in total. The molecule has 0 radical (unpaired) electrons. The molecular weight excluding hydrogens is 329 g/mol. The largest absolute Gasteiger partial charge is 0.366 e. The third kappa shape index (κ3) is 3.50. The monoisotopic (exact) mass is 347 g/mol. The van der Waals surface area contributed by atoms with Gasteiger partial charge in [-0.3, -0.25) is 4.79 Å². The molecule has 0 unspecified atom stereocenters. The fraction of sp³-hybridized carbons (Fsp3) is 0.143. The number of nitriles is 1. The predicted octanol–water partition coefficient (Wildman–Crippen LogP) is 3.82. The molecule has 2 aromatic carbocycles. The van der Waals surface area contributed by atoms with E-state index in [1.807, 2.05) is 23.6 Å². The van der Waals surface area contributed by atoms with E-state index >= 15 is 0 Å². The van der Waals surface area contributed by atoms with Gasteiger partial charge in [0.05, 0.1) is 17.2 Å². The second kappa shape index (κ2) is 7.24. The maximum Gasteiger partial charge on any atom is 0.250 e. The van der Waals surface area contributed by atoms with Crippen LogP contribution < -0.4 is 5.73 Å².